The molecule has 0 saturated carbocycles. The summed E-state index contributed by atoms with van der Waals surface area (Å²) in [5.74, 6) is 0.0999. The largest absolute Gasteiger partial charge is 0.482 e. The number of furan rings is 1. The Balaban J connectivity index is 1.45. The molecule has 0 aliphatic carbocycles. The van der Waals surface area contributed by atoms with Gasteiger partial charge in [-0.25, -0.2) is 0 Å². The standard InChI is InChI=1S/C24H18Cl5N3O3/c1-12-22(13(2)32(31-12)10-14-6-4-3-5-7-14)30-24(33)16-9-8-15(35-16)11-34-23-20(28)18(26)17(25)19(27)21(23)29/h3-9H,10-11H2,1-2H3,(H,30,33). The average molecular weight is 574 g/mol. The van der Waals surface area contributed by atoms with E-state index < -0.39 is 5.91 Å². The Morgan fingerprint density at radius 1 is 0.943 bits per heavy atom. The Morgan fingerprint density at radius 2 is 1.57 bits per heavy atom. The highest BCUT2D eigenvalue weighted by atomic mass is 35.5. The molecule has 4 rings (SSSR count). The summed E-state index contributed by atoms with van der Waals surface area (Å²) in [5, 5.41) is 7.56. The molecule has 0 atom stereocenters. The number of hydrogen-bond donors (Lipinski definition) is 1. The summed E-state index contributed by atoms with van der Waals surface area (Å²) in [6.07, 6.45) is 0. The number of aromatic nitrogens is 2. The summed E-state index contributed by atoms with van der Waals surface area (Å²) in [6.45, 7) is 4.25. The predicted molar refractivity (Wildman–Crippen MR) is 140 cm³/mol. The van der Waals surface area contributed by atoms with Gasteiger partial charge in [-0.1, -0.05) is 88.3 Å². The van der Waals surface area contributed by atoms with Gasteiger partial charge in [-0.15, -0.1) is 0 Å². The van der Waals surface area contributed by atoms with Crippen LogP contribution in [0, 0.1) is 13.8 Å². The summed E-state index contributed by atoms with van der Waals surface area (Å²) in [5.41, 5.74) is 3.26. The minimum absolute atomic E-state index is 0.0223. The monoisotopic (exact) mass is 571 g/mol. The number of rotatable bonds is 7. The lowest BCUT2D eigenvalue weighted by Crippen LogP contribution is -2.12. The second-order valence-corrected chi connectivity index (χ2v) is 9.49. The molecule has 0 aliphatic heterocycles. The second-order valence-electron chi connectivity index (χ2n) is 7.60. The zero-order valence-corrected chi connectivity index (χ0v) is 22.2. The minimum Gasteiger partial charge on any atom is -0.482 e. The normalized spacial score (nSPS) is 11.1. The van der Waals surface area contributed by atoms with Gasteiger partial charge in [-0.05, 0) is 31.5 Å². The molecule has 0 unspecified atom stereocenters. The van der Waals surface area contributed by atoms with E-state index in [0.29, 0.717) is 23.7 Å². The molecule has 11 heteroatoms. The third-order valence-electron chi connectivity index (χ3n) is 5.21. The maximum Gasteiger partial charge on any atom is 0.291 e. The van der Waals surface area contributed by atoms with Crippen LogP contribution < -0.4 is 10.1 Å². The van der Waals surface area contributed by atoms with Gasteiger partial charge in [0.25, 0.3) is 5.91 Å². The molecule has 0 spiro atoms. The van der Waals surface area contributed by atoms with Gasteiger partial charge < -0.3 is 14.5 Å². The number of amides is 1. The Labute approximate surface area is 226 Å². The smallest absolute Gasteiger partial charge is 0.291 e. The molecular weight excluding hydrogens is 556 g/mol. The lowest BCUT2D eigenvalue weighted by molar-refractivity contribution is 0.0992. The molecule has 2 aromatic heterocycles. The van der Waals surface area contributed by atoms with E-state index in [9.17, 15) is 4.79 Å². The van der Waals surface area contributed by atoms with Crippen LogP contribution in [0.4, 0.5) is 5.69 Å². The number of carbonyl (C=O) groups excluding carboxylic acids is 1. The molecule has 6 nitrogen and oxygen atoms in total. The van der Waals surface area contributed by atoms with Crippen molar-refractivity contribution in [3.8, 4) is 5.75 Å². The van der Waals surface area contributed by atoms with Crippen LogP contribution >= 0.6 is 58.0 Å². The third-order valence-corrected chi connectivity index (χ3v) is 7.45. The van der Waals surface area contributed by atoms with Gasteiger partial charge >= 0.3 is 0 Å². The van der Waals surface area contributed by atoms with E-state index in [2.05, 4.69) is 10.4 Å². The number of nitrogens with one attached hydrogen (secondary N) is 1. The van der Waals surface area contributed by atoms with Gasteiger partial charge in [0.1, 0.15) is 22.4 Å². The van der Waals surface area contributed by atoms with Crippen LogP contribution in [0.25, 0.3) is 0 Å². The van der Waals surface area contributed by atoms with Crippen LogP contribution in [-0.4, -0.2) is 15.7 Å². The fraction of sp³-hybridized carbons (Fsp3) is 0.167. The molecule has 1 N–H and O–H groups in total. The van der Waals surface area contributed by atoms with Crippen molar-refractivity contribution in [2.75, 3.05) is 5.32 Å². The predicted octanol–water partition coefficient (Wildman–Crippen LogP) is 8.24. The molecule has 0 fully saturated rings. The van der Waals surface area contributed by atoms with E-state index >= 15 is 0 Å². The molecule has 0 aliphatic rings. The van der Waals surface area contributed by atoms with E-state index in [1.54, 1.807) is 6.07 Å². The van der Waals surface area contributed by atoms with E-state index in [1.165, 1.54) is 6.07 Å². The molecule has 0 radical (unpaired) electrons. The van der Waals surface area contributed by atoms with Crippen LogP contribution in [0.1, 0.15) is 33.3 Å². The highest BCUT2D eigenvalue weighted by molar-refractivity contribution is 6.55. The van der Waals surface area contributed by atoms with E-state index in [0.717, 1.165) is 11.3 Å². The fourth-order valence-electron chi connectivity index (χ4n) is 3.40. The van der Waals surface area contributed by atoms with Gasteiger partial charge in [-0.3, -0.25) is 9.48 Å². The number of aryl methyl sites for hydroxylation is 1. The Kier molecular flexibility index (Phi) is 7.89. The van der Waals surface area contributed by atoms with E-state index in [1.807, 2.05) is 48.9 Å². The first kappa shape index (κ1) is 25.7. The number of nitrogens with zero attached hydrogens (tertiary/aromatic N) is 2. The van der Waals surface area contributed by atoms with Gasteiger partial charge in [-0.2, -0.15) is 5.10 Å². The SMILES string of the molecule is Cc1nn(Cc2ccccc2)c(C)c1NC(=O)c1ccc(COc2c(Cl)c(Cl)c(Cl)c(Cl)c2Cl)o1. The van der Waals surface area contributed by atoms with Crippen molar-refractivity contribution in [3.63, 3.8) is 0 Å². The van der Waals surface area contributed by atoms with Gasteiger partial charge in [0.05, 0.1) is 38.7 Å². The van der Waals surface area contributed by atoms with Crippen molar-refractivity contribution in [1.82, 2.24) is 9.78 Å². The van der Waals surface area contributed by atoms with Crippen molar-refractivity contribution in [2.24, 2.45) is 0 Å². The maximum absolute atomic E-state index is 12.8. The van der Waals surface area contributed by atoms with Crippen LogP contribution in [0.5, 0.6) is 5.75 Å². The molecule has 0 saturated heterocycles. The van der Waals surface area contributed by atoms with Crippen molar-refractivity contribution in [3.05, 3.63) is 96.0 Å². The molecule has 35 heavy (non-hydrogen) atoms. The van der Waals surface area contributed by atoms with Gasteiger partial charge in [0, 0.05) is 0 Å². The topological polar surface area (TPSA) is 69.3 Å². The summed E-state index contributed by atoms with van der Waals surface area (Å²) in [6, 6.07) is 13.1. The number of halogens is 5. The Morgan fingerprint density at radius 3 is 2.23 bits per heavy atom. The highest BCUT2D eigenvalue weighted by Crippen LogP contribution is 2.48. The van der Waals surface area contributed by atoms with E-state index in [-0.39, 0.29) is 43.2 Å². The lowest BCUT2D eigenvalue weighted by atomic mass is 10.2. The zero-order valence-electron chi connectivity index (χ0n) is 18.5. The highest BCUT2D eigenvalue weighted by Gasteiger charge is 2.22. The number of benzene rings is 2. The Bertz CT molecular complexity index is 1370. The summed E-state index contributed by atoms with van der Waals surface area (Å²) >= 11 is 30.5. The molecule has 1 amide bonds. The number of ether oxygens (including phenoxy) is 1. The fourth-order valence-corrected chi connectivity index (χ4v) is 4.63. The van der Waals surface area contributed by atoms with Crippen LogP contribution in [0.2, 0.25) is 25.1 Å². The lowest BCUT2D eigenvalue weighted by Gasteiger charge is -2.12. The van der Waals surface area contributed by atoms with Gasteiger partial charge in [0.2, 0.25) is 0 Å². The average Bonchev–Trinajstić information content (AvgIpc) is 3.42. The van der Waals surface area contributed by atoms with Crippen molar-refractivity contribution in [1.29, 1.82) is 0 Å². The number of hydrogen-bond acceptors (Lipinski definition) is 4. The van der Waals surface area contributed by atoms with Crippen LogP contribution in [0.3, 0.4) is 0 Å². The molecular formula is C24H18Cl5N3O3. The molecule has 182 valence electrons. The summed E-state index contributed by atoms with van der Waals surface area (Å²) < 4.78 is 13.1. The maximum atomic E-state index is 12.8. The molecule has 2 heterocycles. The molecule has 0 bridgehead atoms. The van der Waals surface area contributed by atoms with Gasteiger partial charge in [0.15, 0.2) is 11.5 Å². The summed E-state index contributed by atoms with van der Waals surface area (Å²) in [4.78, 5) is 12.8. The van der Waals surface area contributed by atoms with E-state index in [4.69, 9.17) is 67.2 Å². The zero-order chi connectivity index (χ0) is 25.3. The third kappa shape index (κ3) is 5.42. The first-order valence-electron chi connectivity index (χ1n) is 10.3. The quantitative estimate of drug-likeness (QED) is 0.179. The first-order valence-corrected chi connectivity index (χ1v) is 12.2. The first-order chi connectivity index (χ1) is 16.7. The van der Waals surface area contributed by atoms with Crippen molar-refractivity contribution < 1.29 is 13.9 Å². The van der Waals surface area contributed by atoms with Crippen molar-refractivity contribution >= 4 is 69.6 Å². The summed E-state index contributed by atoms with van der Waals surface area (Å²) in [7, 11) is 0. The molecule has 4 aromatic rings. The Hall–Kier alpha value is -2.35. The second kappa shape index (κ2) is 10.7. The molecule has 2 aromatic carbocycles. The van der Waals surface area contributed by atoms with Crippen LogP contribution in [0.15, 0.2) is 46.9 Å². The van der Waals surface area contributed by atoms with Crippen molar-refractivity contribution in [2.45, 2.75) is 27.0 Å². The van der Waals surface area contributed by atoms with Crippen LogP contribution in [-0.2, 0) is 13.2 Å². The number of anilines is 1. The minimum atomic E-state index is -0.421. The number of carbonyl (C=O) groups is 1.